The molecule has 0 saturated carbocycles. The number of carbonyl (C=O) groups is 2. The Hall–Kier alpha value is -5.97. The Morgan fingerprint density at radius 1 is 0.776 bits per heavy atom. The molecule has 3 aliphatic heterocycles. The fourth-order valence-electron chi connectivity index (χ4n) is 11.9. The van der Waals surface area contributed by atoms with E-state index in [0.29, 0.717) is 32.5 Å². The topological polar surface area (TPSA) is 92.2 Å². The van der Waals surface area contributed by atoms with Crippen LogP contribution in [0.15, 0.2) is 163 Å². The highest BCUT2D eigenvalue weighted by Crippen LogP contribution is 2.51. The van der Waals surface area contributed by atoms with Gasteiger partial charge in [-0.2, -0.15) is 0 Å². The molecule has 1 aliphatic carbocycles. The second-order valence-electron chi connectivity index (χ2n) is 20.0. The Bertz CT molecular complexity index is 2740. The zero-order chi connectivity index (χ0) is 46.1. The van der Waals surface area contributed by atoms with Crippen LogP contribution in [0, 0.1) is 17.8 Å². The first-order valence-electron chi connectivity index (χ1n) is 24.1. The number of hydrogen-bond acceptors (Lipinski definition) is 7. The van der Waals surface area contributed by atoms with E-state index < -0.39 is 20.2 Å². The van der Waals surface area contributed by atoms with Gasteiger partial charge in [0, 0.05) is 43.2 Å². The van der Waals surface area contributed by atoms with Crippen LogP contribution in [0.5, 0.6) is 5.75 Å². The average Bonchev–Trinajstić information content (AvgIpc) is 3.89. The molecule has 67 heavy (non-hydrogen) atoms. The predicted molar refractivity (Wildman–Crippen MR) is 269 cm³/mol. The van der Waals surface area contributed by atoms with E-state index in [2.05, 4.69) is 117 Å². The van der Waals surface area contributed by atoms with Gasteiger partial charge in [0.25, 0.3) is 8.32 Å². The van der Waals surface area contributed by atoms with Crippen molar-refractivity contribution in [1.29, 1.82) is 0 Å². The minimum atomic E-state index is -2.97. The standard InChI is InChI=1S/C58H61N3O5Si/c1-58(2,3)67(45-19-9-5-10-20-45,46-21-11-6-12-22-46)66-38-43-36-49-55(57(64)61(56(49)63)44-30-33-60(34-31-44)37-40-17-7-4-8-18-40)50-39-65-53(54(43)50)29-27-42(51-25-15-16-32-59-51)35-41-26-28-52(62)48-24-14-13-23-47(41)48/h4-26,28,32,35,44,49-50,53,55,62H,27,29-31,33-34,36-39H2,1-3H3/b42-35-/t49-,50+,53-,55-/m1/s1. The number of aromatic nitrogens is 1. The number of carbonyl (C=O) groups excluding carboxylic acids is 2. The summed E-state index contributed by atoms with van der Waals surface area (Å²) in [6, 6.07) is 49.5. The summed E-state index contributed by atoms with van der Waals surface area (Å²) in [6.07, 6.45) is 7.09. The van der Waals surface area contributed by atoms with E-state index in [1.165, 1.54) is 15.9 Å². The molecule has 3 fully saturated rings. The van der Waals surface area contributed by atoms with Crippen molar-refractivity contribution in [2.24, 2.45) is 17.8 Å². The van der Waals surface area contributed by atoms with Crippen LogP contribution >= 0.6 is 0 Å². The molecule has 4 aliphatic rings. The summed E-state index contributed by atoms with van der Waals surface area (Å²) in [6.45, 7) is 10.2. The van der Waals surface area contributed by atoms with Crippen molar-refractivity contribution < 1.29 is 23.9 Å². The number of aromatic hydroxyl groups is 1. The number of likely N-dealkylation sites (tertiary alicyclic amines) is 2. The van der Waals surface area contributed by atoms with Gasteiger partial charge in [0.1, 0.15) is 5.75 Å². The second-order valence-corrected chi connectivity index (χ2v) is 24.3. The molecule has 10 rings (SSSR count). The van der Waals surface area contributed by atoms with Gasteiger partial charge >= 0.3 is 0 Å². The maximum Gasteiger partial charge on any atom is 0.261 e. The molecule has 0 spiro atoms. The molecular formula is C58H61N3O5Si. The zero-order valence-electron chi connectivity index (χ0n) is 38.9. The van der Waals surface area contributed by atoms with Crippen LogP contribution in [0.1, 0.15) is 69.7 Å². The number of ether oxygens (including phenoxy) is 1. The first-order valence-corrected chi connectivity index (χ1v) is 26.1. The normalized spacial score (nSPS) is 21.8. The van der Waals surface area contributed by atoms with E-state index in [1.807, 2.05) is 60.8 Å². The minimum absolute atomic E-state index is 0.0245. The first kappa shape index (κ1) is 44.8. The van der Waals surface area contributed by atoms with Crippen LogP contribution in [0.2, 0.25) is 5.04 Å². The first-order chi connectivity index (χ1) is 32.6. The summed E-state index contributed by atoms with van der Waals surface area (Å²) in [5.74, 6) is -0.924. The Kier molecular flexibility index (Phi) is 12.7. The summed E-state index contributed by atoms with van der Waals surface area (Å²) in [5.41, 5.74) is 6.47. The Balaban J connectivity index is 0.994. The van der Waals surface area contributed by atoms with Gasteiger partial charge in [-0.25, -0.2) is 0 Å². The fourth-order valence-corrected chi connectivity index (χ4v) is 16.4. The molecule has 0 bridgehead atoms. The van der Waals surface area contributed by atoms with Gasteiger partial charge < -0.3 is 14.3 Å². The summed E-state index contributed by atoms with van der Waals surface area (Å²) < 4.78 is 14.6. The van der Waals surface area contributed by atoms with E-state index in [-0.39, 0.29) is 40.7 Å². The number of benzene rings is 5. The van der Waals surface area contributed by atoms with Gasteiger partial charge in [-0.15, -0.1) is 0 Å². The number of amides is 2. The smallest absolute Gasteiger partial charge is 0.261 e. The van der Waals surface area contributed by atoms with Crippen molar-refractivity contribution in [3.63, 3.8) is 0 Å². The van der Waals surface area contributed by atoms with Crippen molar-refractivity contribution in [1.82, 2.24) is 14.8 Å². The third-order valence-corrected chi connectivity index (χ3v) is 20.0. The molecule has 1 aromatic heterocycles. The predicted octanol–water partition coefficient (Wildman–Crippen LogP) is 9.82. The quantitative estimate of drug-likeness (QED) is 0.0701. The number of pyridine rings is 1. The Morgan fingerprint density at radius 2 is 1.42 bits per heavy atom. The number of fused-ring (bicyclic) bond motifs is 4. The largest absolute Gasteiger partial charge is 0.507 e. The van der Waals surface area contributed by atoms with Crippen LogP contribution < -0.4 is 10.4 Å². The highest BCUT2D eigenvalue weighted by Gasteiger charge is 2.59. The maximum atomic E-state index is 14.9. The lowest BCUT2D eigenvalue weighted by molar-refractivity contribution is -0.144. The zero-order valence-corrected chi connectivity index (χ0v) is 39.9. The van der Waals surface area contributed by atoms with Crippen molar-refractivity contribution in [3.05, 3.63) is 180 Å². The highest BCUT2D eigenvalue weighted by molar-refractivity contribution is 6.99. The van der Waals surface area contributed by atoms with Crippen LogP contribution in [0.3, 0.4) is 0 Å². The molecule has 342 valence electrons. The molecule has 4 heterocycles. The van der Waals surface area contributed by atoms with Crippen LogP contribution in [-0.2, 0) is 25.3 Å². The van der Waals surface area contributed by atoms with E-state index in [1.54, 1.807) is 11.0 Å². The number of nitrogens with zero attached hydrogens (tertiary/aromatic N) is 3. The number of piperidine rings is 1. The van der Waals surface area contributed by atoms with E-state index in [9.17, 15) is 14.7 Å². The SMILES string of the molecule is CC(C)(C)[Si](OCC1=C2[C@@H](CC/C(=C/c3ccc(O)c4ccccc34)c3ccccn3)OC[C@@H]2[C@@H]2C(=O)N(C3CCN(Cc4ccccc4)CC3)C(=O)[C@@H]2C1)(c1ccccc1)c1ccccc1. The molecule has 1 N–H and O–H groups in total. The van der Waals surface area contributed by atoms with Crippen molar-refractivity contribution in [2.45, 2.75) is 76.6 Å². The van der Waals surface area contributed by atoms with Crippen molar-refractivity contribution >= 4 is 52.9 Å². The summed E-state index contributed by atoms with van der Waals surface area (Å²) >= 11 is 0. The number of allylic oxidation sites excluding steroid dienone is 1. The lowest BCUT2D eigenvalue weighted by atomic mass is 9.69. The molecular weight excluding hydrogens is 847 g/mol. The Labute approximate surface area is 396 Å². The van der Waals surface area contributed by atoms with Gasteiger partial charge in [-0.3, -0.25) is 24.4 Å². The molecule has 8 nitrogen and oxygen atoms in total. The number of phenols is 1. The Morgan fingerprint density at radius 3 is 2.07 bits per heavy atom. The lowest BCUT2D eigenvalue weighted by Gasteiger charge is -2.44. The monoisotopic (exact) mass is 907 g/mol. The van der Waals surface area contributed by atoms with Crippen LogP contribution in [0.4, 0.5) is 0 Å². The number of rotatable bonds is 13. The molecule has 5 aromatic carbocycles. The summed E-state index contributed by atoms with van der Waals surface area (Å²) in [7, 11) is -2.97. The molecule has 3 saturated heterocycles. The second kappa shape index (κ2) is 19.0. The van der Waals surface area contributed by atoms with Gasteiger partial charge in [0.15, 0.2) is 0 Å². The molecule has 6 aromatic rings. The average molecular weight is 908 g/mol. The van der Waals surface area contributed by atoms with Crippen molar-refractivity contribution in [3.8, 4) is 5.75 Å². The van der Waals surface area contributed by atoms with E-state index in [0.717, 1.165) is 71.2 Å². The minimum Gasteiger partial charge on any atom is -0.507 e. The lowest BCUT2D eigenvalue weighted by Crippen LogP contribution is -2.66. The van der Waals surface area contributed by atoms with Gasteiger partial charge in [0.05, 0.1) is 36.8 Å². The molecule has 4 atom stereocenters. The van der Waals surface area contributed by atoms with Crippen LogP contribution in [-0.4, -0.2) is 78.5 Å². The van der Waals surface area contributed by atoms with Gasteiger partial charge in [-0.05, 0) is 105 Å². The van der Waals surface area contributed by atoms with E-state index >= 15 is 0 Å². The summed E-state index contributed by atoms with van der Waals surface area (Å²) in [4.78, 5) is 38.7. The van der Waals surface area contributed by atoms with E-state index in [4.69, 9.17) is 14.1 Å². The number of hydrogen-bond donors (Lipinski definition) is 1. The molecule has 2 amide bonds. The molecule has 0 radical (unpaired) electrons. The fraction of sp³-hybridized carbons (Fsp3) is 0.328. The number of phenolic OH excluding ortho intramolecular Hbond substituents is 1. The van der Waals surface area contributed by atoms with Crippen LogP contribution in [0.25, 0.3) is 22.4 Å². The molecule has 9 heteroatoms. The third kappa shape index (κ3) is 8.63. The van der Waals surface area contributed by atoms with Gasteiger partial charge in [-0.1, -0.05) is 148 Å². The molecule has 0 unspecified atom stereocenters. The highest BCUT2D eigenvalue weighted by atomic mass is 28.4. The maximum absolute atomic E-state index is 14.9. The third-order valence-electron chi connectivity index (χ3n) is 15.0. The number of imide groups is 1. The van der Waals surface area contributed by atoms with Gasteiger partial charge in [0.2, 0.25) is 11.8 Å². The summed E-state index contributed by atoms with van der Waals surface area (Å²) in [5, 5.41) is 14.7. The van der Waals surface area contributed by atoms with Crippen molar-refractivity contribution in [2.75, 3.05) is 26.3 Å².